The molecule has 5 aromatic rings. The molecule has 0 fully saturated rings. The van der Waals surface area contributed by atoms with Crippen molar-refractivity contribution in [2.75, 3.05) is 5.32 Å². The summed E-state index contributed by atoms with van der Waals surface area (Å²) in [6.45, 7) is 0. The normalized spacial score (nSPS) is 11.1. The van der Waals surface area contributed by atoms with Gasteiger partial charge >= 0.3 is 0 Å². The lowest BCUT2D eigenvalue weighted by Crippen LogP contribution is -1.90. The van der Waals surface area contributed by atoms with Crippen LogP contribution in [-0.4, -0.2) is 4.98 Å². The molecule has 0 saturated heterocycles. The van der Waals surface area contributed by atoms with Crippen LogP contribution in [0.2, 0.25) is 0 Å². The third-order valence-electron chi connectivity index (χ3n) is 4.52. The van der Waals surface area contributed by atoms with Crippen LogP contribution in [0.25, 0.3) is 31.3 Å². The van der Waals surface area contributed by atoms with Gasteiger partial charge in [0.2, 0.25) is 0 Å². The molecule has 3 heteroatoms. The summed E-state index contributed by atoms with van der Waals surface area (Å²) in [4.78, 5) is 4.21. The lowest BCUT2D eigenvalue weighted by atomic mass is 10.1. The molecule has 0 amide bonds. The first-order valence-electron chi connectivity index (χ1n) is 8.56. The van der Waals surface area contributed by atoms with E-state index in [1.165, 1.54) is 20.2 Å². The largest absolute Gasteiger partial charge is 0.355 e. The molecule has 0 radical (unpaired) electrons. The number of rotatable bonds is 3. The standard InChI is InChI=1S/C23H16N2S/c1-2-9-22-20(8-1)21-14-19(10-11-23(21)26-22)25-18-7-3-5-16(13-18)17-6-4-12-24-15-17/h1-15,25H. The van der Waals surface area contributed by atoms with Gasteiger partial charge in [0, 0.05) is 49.5 Å². The van der Waals surface area contributed by atoms with Gasteiger partial charge in [0.25, 0.3) is 0 Å². The SMILES string of the molecule is c1cncc(-c2cccc(Nc3ccc4sc5ccccc5c4c3)c2)c1. The maximum Gasteiger partial charge on any atom is 0.0391 e. The molecule has 0 aliphatic rings. The predicted octanol–water partition coefficient (Wildman–Crippen LogP) is 6.86. The third-order valence-corrected chi connectivity index (χ3v) is 5.67. The molecule has 0 aliphatic heterocycles. The van der Waals surface area contributed by atoms with E-state index in [2.05, 4.69) is 83.1 Å². The Morgan fingerprint density at radius 1 is 0.654 bits per heavy atom. The monoisotopic (exact) mass is 352 g/mol. The van der Waals surface area contributed by atoms with Gasteiger partial charge in [-0.05, 0) is 48.0 Å². The van der Waals surface area contributed by atoms with Crippen LogP contribution in [0.4, 0.5) is 11.4 Å². The first-order chi connectivity index (χ1) is 12.9. The van der Waals surface area contributed by atoms with E-state index in [0.717, 1.165) is 22.5 Å². The number of benzene rings is 3. The molecule has 0 spiro atoms. The minimum atomic E-state index is 1.07. The average molecular weight is 352 g/mol. The Hall–Kier alpha value is -3.17. The van der Waals surface area contributed by atoms with Crippen LogP contribution in [0.3, 0.4) is 0 Å². The van der Waals surface area contributed by atoms with Crippen LogP contribution in [0.15, 0.2) is 91.3 Å². The topological polar surface area (TPSA) is 24.9 Å². The molecular formula is C23H16N2S. The second-order valence-electron chi connectivity index (χ2n) is 6.26. The second-order valence-corrected chi connectivity index (χ2v) is 7.34. The van der Waals surface area contributed by atoms with Crippen molar-refractivity contribution in [1.82, 2.24) is 4.98 Å². The minimum absolute atomic E-state index is 1.07. The number of anilines is 2. The fraction of sp³-hybridized carbons (Fsp3) is 0. The molecule has 124 valence electrons. The molecule has 2 nitrogen and oxygen atoms in total. The highest BCUT2D eigenvalue weighted by Gasteiger charge is 2.06. The highest BCUT2D eigenvalue weighted by atomic mass is 32.1. The van der Waals surface area contributed by atoms with Crippen LogP contribution in [0, 0.1) is 0 Å². The predicted molar refractivity (Wildman–Crippen MR) is 112 cm³/mol. The Labute approximate surface area is 155 Å². The van der Waals surface area contributed by atoms with Gasteiger partial charge in [-0.2, -0.15) is 0 Å². The smallest absolute Gasteiger partial charge is 0.0391 e. The lowest BCUT2D eigenvalue weighted by molar-refractivity contribution is 1.33. The zero-order valence-corrected chi connectivity index (χ0v) is 14.8. The minimum Gasteiger partial charge on any atom is -0.355 e. The van der Waals surface area contributed by atoms with E-state index in [4.69, 9.17) is 0 Å². The summed E-state index contributed by atoms with van der Waals surface area (Å²) in [5, 5.41) is 6.17. The molecule has 26 heavy (non-hydrogen) atoms. The van der Waals surface area contributed by atoms with Gasteiger partial charge in [-0.15, -0.1) is 11.3 Å². The van der Waals surface area contributed by atoms with Gasteiger partial charge in [-0.3, -0.25) is 4.98 Å². The zero-order valence-electron chi connectivity index (χ0n) is 14.0. The Bertz CT molecular complexity index is 1210. The maximum absolute atomic E-state index is 4.21. The van der Waals surface area contributed by atoms with Gasteiger partial charge in [-0.25, -0.2) is 0 Å². The lowest BCUT2D eigenvalue weighted by Gasteiger charge is -2.09. The molecular weight excluding hydrogens is 336 g/mol. The van der Waals surface area contributed by atoms with Crippen molar-refractivity contribution in [3.8, 4) is 11.1 Å². The summed E-state index contributed by atoms with van der Waals surface area (Å²) in [5.41, 5.74) is 4.45. The molecule has 2 heterocycles. The molecule has 0 atom stereocenters. The fourth-order valence-corrected chi connectivity index (χ4v) is 4.37. The van der Waals surface area contributed by atoms with Crippen molar-refractivity contribution < 1.29 is 0 Å². The molecule has 5 rings (SSSR count). The quantitative estimate of drug-likeness (QED) is 0.383. The highest BCUT2D eigenvalue weighted by molar-refractivity contribution is 7.25. The Balaban J connectivity index is 1.52. The van der Waals surface area contributed by atoms with Gasteiger partial charge in [0.1, 0.15) is 0 Å². The summed E-state index contributed by atoms with van der Waals surface area (Å²) in [7, 11) is 0. The Kier molecular flexibility index (Phi) is 3.65. The van der Waals surface area contributed by atoms with E-state index < -0.39 is 0 Å². The summed E-state index contributed by atoms with van der Waals surface area (Å²) in [5.74, 6) is 0. The second kappa shape index (κ2) is 6.28. The number of fused-ring (bicyclic) bond motifs is 3. The molecule has 2 aromatic heterocycles. The number of hydrogen-bond acceptors (Lipinski definition) is 3. The van der Waals surface area contributed by atoms with E-state index in [1.807, 2.05) is 23.6 Å². The summed E-state index contributed by atoms with van der Waals surface area (Å²) < 4.78 is 2.65. The van der Waals surface area contributed by atoms with E-state index in [0.29, 0.717) is 0 Å². The van der Waals surface area contributed by atoms with Crippen molar-refractivity contribution in [3.05, 3.63) is 91.3 Å². The number of nitrogens with zero attached hydrogens (tertiary/aromatic N) is 1. The van der Waals surface area contributed by atoms with E-state index in [1.54, 1.807) is 6.20 Å². The molecule has 0 unspecified atom stereocenters. The number of hydrogen-bond donors (Lipinski definition) is 1. The average Bonchev–Trinajstić information content (AvgIpc) is 3.07. The van der Waals surface area contributed by atoms with Crippen LogP contribution in [0.5, 0.6) is 0 Å². The van der Waals surface area contributed by atoms with Crippen molar-refractivity contribution >= 4 is 42.9 Å². The first-order valence-corrected chi connectivity index (χ1v) is 9.37. The van der Waals surface area contributed by atoms with E-state index in [-0.39, 0.29) is 0 Å². The van der Waals surface area contributed by atoms with Crippen molar-refractivity contribution in [2.24, 2.45) is 0 Å². The first kappa shape index (κ1) is 15.1. The molecule has 0 bridgehead atoms. The van der Waals surface area contributed by atoms with Gasteiger partial charge < -0.3 is 5.32 Å². The number of nitrogens with one attached hydrogen (secondary N) is 1. The van der Waals surface area contributed by atoms with Gasteiger partial charge in [0.15, 0.2) is 0 Å². The molecule has 0 saturated carbocycles. The van der Waals surface area contributed by atoms with Crippen molar-refractivity contribution in [2.45, 2.75) is 0 Å². The number of aromatic nitrogens is 1. The third kappa shape index (κ3) is 2.72. The summed E-state index contributed by atoms with van der Waals surface area (Å²) in [6.07, 6.45) is 3.69. The van der Waals surface area contributed by atoms with E-state index >= 15 is 0 Å². The van der Waals surface area contributed by atoms with Crippen molar-refractivity contribution in [3.63, 3.8) is 0 Å². The van der Waals surface area contributed by atoms with Gasteiger partial charge in [-0.1, -0.05) is 36.4 Å². The van der Waals surface area contributed by atoms with Crippen LogP contribution in [0.1, 0.15) is 0 Å². The Morgan fingerprint density at radius 3 is 2.42 bits per heavy atom. The maximum atomic E-state index is 4.21. The molecule has 0 aliphatic carbocycles. The summed E-state index contributed by atoms with van der Waals surface area (Å²) in [6, 6.07) is 27.6. The van der Waals surface area contributed by atoms with Crippen LogP contribution >= 0.6 is 11.3 Å². The summed E-state index contributed by atoms with van der Waals surface area (Å²) >= 11 is 1.84. The fourth-order valence-electron chi connectivity index (χ4n) is 3.28. The molecule has 3 aromatic carbocycles. The van der Waals surface area contributed by atoms with Crippen LogP contribution < -0.4 is 5.32 Å². The number of thiophene rings is 1. The van der Waals surface area contributed by atoms with Crippen LogP contribution in [-0.2, 0) is 0 Å². The molecule has 1 N–H and O–H groups in total. The Morgan fingerprint density at radius 2 is 1.50 bits per heavy atom. The highest BCUT2D eigenvalue weighted by Crippen LogP contribution is 2.35. The van der Waals surface area contributed by atoms with Crippen molar-refractivity contribution in [1.29, 1.82) is 0 Å². The zero-order chi connectivity index (χ0) is 17.3. The van der Waals surface area contributed by atoms with E-state index in [9.17, 15) is 0 Å². The van der Waals surface area contributed by atoms with Gasteiger partial charge in [0.05, 0.1) is 0 Å². The number of pyridine rings is 1.